The summed E-state index contributed by atoms with van der Waals surface area (Å²) in [6.45, 7) is 3.93. The Morgan fingerprint density at radius 3 is 2.45 bits per heavy atom. The number of nitrogens with one attached hydrogen (secondary N) is 3. The lowest BCUT2D eigenvalue weighted by molar-refractivity contribution is -0.126. The second-order valence-corrected chi connectivity index (χ2v) is 8.17. The first kappa shape index (κ1) is 23.8. The van der Waals surface area contributed by atoms with Crippen molar-refractivity contribution in [2.45, 2.75) is 70.0 Å². The lowest BCUT2D eigenvalue weighted by Gasteiger charge is -2.30. The highest BCUT2D eigenvalue weighted by molar-refractivity contribution is 14.0. The van der Waals surface area contributed by atoms with E-state index in [1.54, 1.807) is 7.05 Å². The molecule has 3 N–H and O–H groups in total. The van der Waals surface area contributed by atoms with Gasteiger partial charge in [-0.25, -0.2) is 8.78 Å². The number of halogens is 3. The topological polar surface area (TPSA) is 65.5 Å². The zero-order chi connectivity index (χ0) is 20.3. The maximum Gasteiger partial charge on any atom is 0.223 e. The van der Waals surface area contributed by atoms with E-state index in [4.69, 9.17) is 0 Å². The van der Waals surface area contributed by atoms with Gasteiger partial charge in [-0.1, -0.05) is 12.5 Å². The molecule has 2 aliphatic carbocycles. The highest BCUT2D eigenvalue weighted by Gasteiger charge is 2.42. The molecule has 2 fully saturated rings. The highest BCUT2D eigenvalue weighted by Crippen LogP contribution is 2.43. The Kier molecular flexibility index (Phi) is 8.66. The van der Waals surface area contributed by atoms with Crippen molar-refractivity contribution in [1.82, 2.24) is 16.0 Å². The zero-order valence-corrected chi connectivity index (χ0v) is 19.5. The molecule has 1 amide bonds. The van der Waals surface area contributed by atoms with Gasteiger partial charge in [0.25, 0.3) is 0 Å². The van der Waals surface area contributed by atoms with Crippen LogP contribution in [0.3, 0.4) is 0 Å². The van der Waals surface area contributed by atoms with Crippen LogP contribution in [-0.4, -0.2) is 37.0 Å². The lowest BCUT2D eigenvalue weighted by atomic mass is 9.85. The number of nitrogens with zero attached hydrogens (tertiary/aromatic N) is 1. The third-order valence-corrected chi connectivity index (χ3v) is 5.52. The molecule has 3 rings (SSSR count). The fourth-order valence-corrected chi connectivity index (χ4v) is 4.04. The molecule has 1 aromatic carbocycles. The van der Waals surface area contributed by atoms with E-state index in [0.29, 0.717) is 12.4 Å². The van der Waals surface area contributed by atoms with E-state index >= 15 is 0 Å². The van der Waals surface area contributed by atoms with Crippen LogP contribution < -0.4 is 16.0 Å². The molecule has 0 saturated heterocycles. The van der Waals surface area contributed by atoms with E-state index < -0.39 is 11.6 Å². The van der Waals surface area contributed by atoms with Crippen molar-refractivity contribution in [1.29, 1.82) is 0 Å². The van der Waals surface area contributed by atoms with Crippen molar-refractivity contribution in [3.05, 3.63) is 35.4 Å². The molecule has 0 bridgehead atoms. The van der Waals surface area contributed by atoms with Crippen LogP contribution >= 0.6 is 24.0 Å². The Bertz CT molecular complexity index is 723. The van der Waals surface area contributed by atoms with Gasteiger partial charge in [0, 0.05) is 42.6 Å². The Morgan fingerprint density at radius 1 is 1.14 bits per heavy atom. The van der Waals surface area contributed by atoms with Crippen molar-refractivity contribution >= 4 is 35.8 Å². The molecule has 0 radical (unpaired) electrons. The average molecular weight is 520 g/mol. The summed E-state index contributed by atoms with van der Waals surface area (Å²) in [5.41, 5.74) is 0.151. The number of hydrogen-bond acceptors (Lipinski definition) is 2. The molecule has 0 aromatic heterocycles. The maximum atomic E-state index is 14.0. The second kappa shape index (κ2) is 10.5. The van der Waals surface area contributed by atoms with Gasteiger partial charge >= 0.3 is 0 Å². The van der Waals surface area contributed by atoms with Crippen molar-refractivity contribution in [2.75, 3.05) is 7.05 Å². The first-order valence-corrected chi connectivity index (χ1v) is 10.1. The monoisotopic (exact) mass is 520 g/mol. The molecule has 0 aliphatic heterocycles. The number of rotatable bonds is 5. The number of amides is 1. The van der Waals surface area contributed by atoms with Gasteiger partial charge in [0.1, 0.15) is 11.6 Å². The number of carbonyl (C=O) groups is 1. The molecule has 5 nitrogen and oxygen atoms in total. The maximum absolute atomic E-state index is 14.0. The van der Waals surface area contributed by atoms with E-state index in [1.165, 1.54) is 18.2 Å². The quantitative estimate of drug-likeness (QED) is 0.316. The summed E-state index contributed by atoms with van der Waals surface area (Å²) in [5.74, 6) is -0.434. The van der Waals surface area contributed by atoms with E-state index in [0.717, 1.165) is 25.7 Å². The molecule has 0 spiro atoms. The van der Waals surface area contributed by atoms with E-state index in [9.17, 15) is 13.6 Å². The van der Waals surface area contributed by atoms with Gasteiger partial charge < -0.3 is 16.0 Å². The molecule has 4 atom stereocenters. The van der Waals surface area contributed by atoms with Crippen molar-refractivity contribution in [3.8, 4) is 0 Å². The van der Waals surface area contributed by atoms with Gasteiger partial charge in [-0.15, -0.1) is 24.0 Å². The summed E-state index contributed by atoms with van der Waals surface area (Å²) in [6.07, 6.45) is 4.29. The van der Waals surface area contributed by atoms with Gasteiger partial charge in [-0.05, 0) is 51.7 Å². The summed E-state index contributed by atoms with van der Waals surface area (Å²) >= 11 is 0. The summed E-state index contributed by atoms with van der Waals surface area (Å²) in [4.78, 5) is 16.6. The summed E-state index contributed by atoms with van der Waals surface area (Å²) in [7, 11) is 1.68. The van der Waals surface area contributed by atoms with Gasteiger partial charge in [-0.3, -0.25) is 9.79 Å². The number of carbonyl (C=O) groups excluding carboxylic acids is 1. The van der Waals surface area contributed by atoms with E-state index in [2.05, 4.69) is 20.9 Å². The van der Waals surface area contributed by atoms with Crippen molar-refractivity contribution in [2.24, 2.45) is 10.9 Å². The number of guanidine groups is 1. The smallest absolute Gasteiger partial charge is 0.223 e. The van der Waals surface area contributed by atoms with Crippen LogP contribution in [0.25, 0.3) is 0 Å². The van der Waals surface area contributed by atoms with Crippen LogP contribution in [-0.2, 0) is 4.79 Å². The molecule has 2 aliphatic rings. The molecule has 1 aromatic rings. The van der Waals surface area contributed by atoms with E-state index in [-0.39, 0.29) is 65.4 Å². The molecule has 162 valence electrons. The minimum absolute atomic E-state index is 0. The van der Waals surface area contributed by atoms with Gasteiger partial charge in [0.2, 0.25) is 5.91 Å². The molecular formula is C21H31F2IN4O. The summed E-state index contributed by atoms with van der Waals surface area (Å²) in [5, 5.41) is 9.65. The molecule has 2 saturated carbocycles. The number of aliphatic imine (C=N–C) groups is 1. The lowest BCUT2D eigenvalue weighted by Crippen LogP contribution is -2.48. The van der Waals surface area contributed by atoms with Crippen LogP contribution in [0.1, 0.15) is 57.4 Å². The number of hydrogen-bond donors (Lipinski definition) is 3. The van der Waals surface area contributed by atoms with Crippen molar-refractivity contribution in [3.63, 3.8) is 0 Å². The normalized spacial score (nSPS) is 26.5. The third-order valence-electron chi connectivity index (χ3n) is 5.52. The van der Waals surface area contributed by atoms with Crippen LogP contribution in [0.2, 0.25) is 0 Å². The second-order valence-electron chi connectivity index (χ2n) is 8.17. The minimum Gasteiger partial charge on any atom is -0.354 e. The number of benzene rings is 1. The van der Waals surface area contributed by atoms with Gasteiger partial charge in [0.15, 0.2) is 5.96 Å². The third kappa shape index (κ3) is 6.26. The van der Waals surface area contributed by atoms with E-state index in [1.807, 2.05) is 13.8 Å². The largest absolute Gasteiger partial charge is 0.354 e. The fraction of sp³-hybridized carbons (Fsp3) is 0.619. The minimum atomic E-state index is -0.497. The van der Waals surface area contributed by atoms with Crippen LogP contribution in [0.4, 0.5) is 8.78 Å². The van der Waals surface area contributed by atoms with Crippen LogP contribution in [0.5, 0.6) is 0 Å². The molecule has 0 heterocycles. The SMILES string of the molecule is CN=C(NC1CCCC(C(=O)NC(C)C)C1)NC1CC1c1c(F)cccc1F.I. The standard InChI is InChI=1S/C21H30F2N4O.HI/c1-12(2)25-20(28)13-6-4-7-14(10-13)26-21(24-3)27-18-11-15(18)19-16(22)8-5-9-17(19)23;/h5,8-9,12-15,18H,4,6-7,10-11H2,1-3H3,(H,25,28)(H2,24,26,27);1H. The Balaban J connectivity index is 0.00000300. The molecule has 8 heteroatoms. The highest BCUT2D eigenvalue weighted by atomic mass is 127. The van der Waals surface area contributed by atoms with Gasteiger partial charge in [0.05, 0.1) is 0 Å². The predicted octanol–water partition coefficient (Wildman–Crippen LogP) is 3.69. The fourth-order valence-electron chi connectivity index (χ4n) is 4.04. The first-order chi connectivity index (χ1) is 13.4. The predicted molar refractivity (Wildman–Crippen MR) is 122 cm³/mol. The molecule has 4 unspecified atom stereocenters. The average Bonchev–Trinajstić information content (AvgIpc) is 3.39. The van der Waals surface area contributed by atoms with Crippen molar-refractivity contribution < 1.29 is 13.6 Å². The molecule has 29 heavy (non-hydrogen) atoms. The zero-order valence-electron chi connectivity index (χ0n) is 17.2. The summed E-state index contributed by atoms with van der Waals surface area (Å²) in [6, 6.07) is 4.23. The molecular weight excluding hydrogens is 489 g/mol. The Hall–Kier alpha value is -1.45. The Morgan fingerprint density at radius 2 is 1.83 bits per heavy atom. The first-order valence-electron chi connectivity index (χ1n) is 10.1. The van der Waals surface area contributed by atoms with Crippen LogP contribution in [0.15, 0.2) is 23.2 Å². The Labute approximate surface area is 188 Å². The van der Waals surface area contributed by atoms with Crippen LogP contribution in [0, 0.1) is 17.6 Å². The summed E-state index contributed by atoms with van der Waals surface area (Å²) < 4.78 is 27.9. The van der Waals surface area contributed by atoms with Gasteiger partial charge in [-0.2, -0.15) is 0 Å².